The second-order valence-corrected chi connectivity index (χ2v) is 12.4. The zero-order valence-electron chi connectivity index (χ0n) is 22.5. The van der Waals surface area contributed by atoms with Crippen LogP contribution >= 0.6 is 22.7 Å². The highest BCUT2D eigenvalue weighted by molar-refractivity contribution is 7.19. The maximum atomic E-state index is 12.9. The first-order valence-electron chi connectivity index (χ1n) is 13.8. The molecule has 5 aromatic heterocycles. The van der Waals surface area contributed by atoms with E-state index in [0.29, 0.717) is 71.2 Å². The van der Waals surface area contributed by atoms with Gasteiger partial charge in [-0.2, -0.15) is 0 Å². The van der Waals surface area contributed by atoms with Crippen LogP contribution in [0.2, 0.25) is 0 Å². The van der Waals surface area contributed by atoms with Crippen molar-refractivity contribution in [1.29, 1.82) is 0 Å². The number of thiophene rings is 1. The Kier molecular flexibility index (Phi) is 7.09. The molecule has 15 heteroatoms. The van der Waals surface area contributed by atoms with E-state index in [9.17, 15) is 14.7 Å². The van der Waals surface area contributed by atoms with Gasteiger partial charge in [0.2, 0.25) is 11.4 Å². The maximum absolute atomic E-state index is 12.9. The number of aliphatic hydroxyl groups excluding tert-OH is 1. The normalized spacial score (nSPS) is 19.5. The fourth-order valence-electron chi connectivity index (χ4n) is 5.55. The molecule has 1 amide bonds. The molecular weight excluding hydrogens is 580 g/mol. The number of ether oxygens (including phenoxy) is 1. The molecule has 4 N–H and O–H groups in total. The van der Waals surface area contributed by atoms with Crippen LogP contribution in [0.15, 0.2) is 33.2 Å². The van der Waals surface area contributed by atoms with Crippen molar-refractivity contribution in [1.82, 2.24) is 24.6 Å². The summed E-state index contributed by atoms with van der Waals surface area (Å²) in [6, 6.07) is 1.36. The Balaban J connectivity index is 1.23. The maximum Gasteiger partial charge on any atom is 0.254 e. The molecule has 218 valence electrons. The van der Waals surface area contributed by atoms with E-state index in [0.717, 1.165) is 29.7 Å². The molecule has 2 aliphatic rings. The summed E-state index contributed by atoms with van der Waals surface area (Å²) in [4.78, 5) is 37.7. The Morgan fingerprint density at radius 3 is 2.88 bits per heavy atom. The minimum Gasteiger partial charge on any atom is -0.439 e. The molecule has 6 heterocycles. The van der Waals surface area contributed by atoms with Crippen molar-refractivity contribution in [2.45, 2.75) is 44.2 Å². The fraction of sp³-hybridized carbons (Fsp3) is 0.407. The van der Waals surface area contributed by atoms with E-state index in [1.165, 1.54) is 35.1 Å². The topological polar surface area (TPSA) is 174 Å². The van der Waals surface area contributed by atoms with Crippen LogP contribution in [0.5, 0.6) is 0 Å². The number of fused-ring (bicyclic) bond motifs is 2. The van der Waals surface area contributed by atoms with Crippen molar-refractivity contribution >= 4 is 56.3 Å². The number of rotatable bonds is 7. The van der Waals surface area contributed by atoms with Gasteiger partial charge in [-0.15, -0.1) is 32.9 Å². The van der Waals surface area contributed by atoms with Gasteiger partial charge in [0.25, 0.3) is 5.91 Å². The first-order chi connectivity index (χ1) is 20.5. The molecule has 0 bridgehead atoms. The zero-order chi connectivity index (χ0) is 28.8. The Morgan fingerprint density at radius 1 is 1.24 bits per heavy atom. The molecule has 1 aliphatic carbocycles. The molecule has 42 heavy (non-hydrogen) atoms. The van der Waals surface area contributed by atoms with Gasteiger partial charge in [0.05, 0.1) is 36.6 Å². The number of aliphatic hydroxyl groups is 1. The van der Waals surface area contributed by atoms with E-state index in [1.54, 1.807) is 10.6 Å². The van der Waals surface area contributed by atoms with E-state index < -0.39 is 12.0 Å². The Hall–Kier alpha value is -3.92. The minimum absolute atomic E-state index is 0.0919. The number of amides is 1. The van der Waals surface area contributed by atoms with Crippen LogP contribution in [0, 0.1) is 0 Å². The van der Waals surface area contributed by atoms with Gasteiger partial charge in [0, 0.05) is 42.0 Å². The van der Waals surface area contributed by atoms with Gasteiger partial charge in [0.1, 0.15) is 21.6 Å². The lowest BCUT2D eigenvalue weighted by Crippen LogP contribution is -2.37. The number of carbonyl (C=O) groups is 1. The summed E-state index contributed by atoms with van der Waals surface area (Å²) in [5, 5.41) is 24.6. The fourth-order valence-corrected chi connectivity index (χ4v) is 7.44. The van der Waals surface area contributed by atoms with E-state index in [-0.39, 0.29) is 23.5 Å². The summed E-state index contributed by atoms with van der Waals surface area (Å²) in [6.45, 7) is 2.46. The summed E-state index contributed by atoms with van der Waals surface area (Å²) in [5.74, 6) is 0.296. The summed E-state index contributed by atoms with van der Waals surface area (Å²) in [5.41, 5.74) is 7.86. The summed E-state index contributed by atoms with van der Waals surface area (Å²) in [7, 11) is 0. The van der Waals surface area contributed by atoms with Crippen molar-refractivity contribution in [3.8, 4) is 10.6 Å². The number of nitrogens with zero attached hydrogens (tertiary/aromatic N) is 6. The molecule has 0 spiro atoms. The number of nitrogens with one attached hydrogen (secondary N) is 1. The molecule has 0 unspecified atom stereocenters. The number of anilines is 2. The van der Waals surface area contributed by atoms with Gasteiger partial charge in [-0.3, -0.25) is 14.0 Å². The molecule has 0 aromatic carbocycles. The highest BCUT2D eigenvalue weighted by atomic mass is 32.1. The van der Waals surface area contributed by atoms with Crippen molar-refractivity contribution in [2.75, 3.05) is 36.5 Å². The lowest BCUT2D eigenvalue weighted by molar-refractivity contribution is 0.0999. The Morgan fingerprint density at radius 2 is 2.07 bits per heavy atom. The van der Waals surface area contributed by atoms with E-state index in [4.69, 9.17) is 19.9 Å². The largest absolute Gasteiger partial charge is 0.439 e. The quantitative estimate of drug-likeness (QED) is 0.248. The van der Waals surface area contributed by atoms with Crippen molar-refractivity contribution < 1.29 is 19.1 Å². The van der Waals surface area contributed by atoms with Gasteiger partial charge >= 0.3 is 0 Å². The average Bonchev–Trinajstić information content (AvgIpc) is 3.75. The molecular formula is C27H28N8O5S2. The van der Waals surface area contributed by atoms with Crippen molar-refractivity contribution in [3.63, 3.8) is 0 Å². The number of hydrogen-bond donors (Lipinski definition) is 3. The van der Waals surface area contributed by atoms with Gasteiger partial charge in [-0.25, -0.2) is 9.97 Å². The Labute approximate surface area is 247 Å². The molecule has 1 saturated carbocycles. The first kappa shape index (κ1) is 26.9. The number of hydrogen-bond acceptors (Lipinski definition) is 13. The third-order valence-electron chi connectivity index (χ3n) is 7.70. The number of carbonyl (C=O) groups excluding carboxylic acids is 1. The molecule has 7 rings (SSSR count). The summed E-state index contributed by atoms with van der Waals surface area (Å²) in [6.07, 6.45) is 6.46. The third kappa shape index (κ3) is 4.91. The zero-order valence-corrected chi connectivity index (χ0v) is 24.1. The number of aromatic nitrogens is 5. The smallest absolute Gasteiger partial charge is 0.254 e. The molecule has 1 aliphatic heterocycles. The minimum atomic E-state index is -0.661. The summed E-state index contributed by atoms with van der Waals surface area (Å²) < 4.78 is 13.8. The van der Waals surface area contributed by atoms with Gasteiger partial charge < -0.3 is 30.2 Å². The number of primary amides is 1. The number of morpholine rings is 1. The van der Waals surface area contributed by atoms with Crippen LogP contribution in [0.4, 0.5) is 11.8 Å². The van der Waals surface area contributed by atoms with Crippen LogP contribution in [-0.2, 0) is 11.2 Å². The van der Waals surface area contributed by atoms with Crippen molar-refractivity contribution in [2.24, 2.45) is 5.73 Å². The lowest BCUT2D eigenvalue weighted by Gasteiger charge is -2.29. The van der Waals surface area contributed by atoms with Crippen molar-refractivity contribution in [3.05, 3.63) is 50.3 Å². The summed E-state index contributed by atoms with van der Waals surface area (Å²) >= 11 is 2.75. The molecule has 2 atom stereocenters. The number of thiazole rings is 1. The standard InChI is InChI=1S/C27H28N8O5S2/c28-24(38)21-17(32-27(35-13-30-33-25(21)35)31-16-3-1-2-4-18(16)36)9-14-11-29-26(42-14)15-12-41-23-19(37)10-20(40-22(15)23)34-5-7-39-8-6-34/h10-13,16,18,36H,1-9H2,(H2,28,38)(H,31,32)/t16-,18+/m1/s1. The predicted molar refractivity (Wildman–Crippen MR) is 158 cm³/mol. The molecule has 2 fully saturated rings. The van der Waals surface area contributed by atoms with Crippen LogP contribution in [0.25, 0.3) is 26.5 Å². The highest BCUT2D eigenvalue weighted by Crippen LogP contribution is 2.37. The Bertz CT molecular complexity index is 1840. The second-order valence-electron chi connectivity index (χ2n) is 10.4. The lowest BCUT2D eigenvalue weighted by atomic mass is 9.93. The van der Waals surface area contributed by atoms with Crippen LogP contribution in [0.3, 0.4) is 0 Å². The second kappa shape index (κ2) is 11.1. The van der Waals surface area contributed by atoms with Gasteiger partial charge in [-0.1, -0.05) is 12.8 Å². The third-order valence-corrected chi connectivity index (χ3v) is 9.70. The van der Waals surface area contributed by atoms with E-state index in [1.807, 2.05) is 10.3 Å². The highest BCUT2D eigenvalue weighted by Gasteiger charge is 2.27. The average molecular weight is 609 g/mol. The molecule has 13 nitrogen and oxygen atoms in total. The van der Waals surface area contributed by atoms with E-state index >= 15 is 0 Å². The number of nitrogens with two attached hydrogens (primary N) is 1. The first-order valence-corrected chi connectivity index (χ1v) is 15.5. The monoisotopic (exact) mass is 608 g/mol. The van der Waals surface area contributed by atoms with Crippen LogP contribution < -0.4 is 21.4 Å². The van der Waals surface area contributed by atoms with E-state index in [2.05, 4.69) is 20.5 Å². The molecule has 5 aromatic rings. The van der Waals surface area contributed by atoms with Crippen LogP contribution in [-0.4, -0.2) is 74.0 Å². The van der Waals surface area contributed by atoms with Gasteiger partial charge in [0.15, 0.2) is 17.1 Å². The SMILES string of the molecule is NC(=O)c1c(Cc2cnc(-c3csc4c(=O)cc(N5CCOCC5)oc34)s2)nc(N[C@@H]2CCCC[C@@H]2O)n2cnnc12. The molecule has 1 saturated heterocycles. The molecule has 0 radical (unpaired) electrons. The predicted octanol–water partition coefficient (Wildman–Crippen LogP) is 2.66. The van der Waals surface area contributed by atoms with Gasteiger partial charge in [-0.05, 0) is 12.8 Å². The van der Waals surface area contributed by atoms with Crippen LogP contribution in [0.1, 0.15) is 46.6 Å².